The Morgan fingerprint density at radius 2 is 2.31 bits per heavy atom. The number of carboxylic acid groups (broad SMARTS) is 1. The molecule has 2 rings (SSSR count). The quantitative estimate of drug-likeness (QED) is 0.828. The highest BCUT2D eigenvalue weighted by Crippen LogP contribution is 2.39. The summed E-state index contributed by atoms with van der Waals surface area (Å²) in [6, 6.07) is 2.38. The van der Waals surface area contributed by atoms with E-state index < -0.39 is 12.0 Å². The minimum Gasteiger partial charge on any atom is -0.480 e. The summed E-state index contributed by atoms with van der Waals surface area (Å²) in [5.41, 5.74) is 6.14. The predicted molar refractivity (Wildman–Crippen MR) is 56.9 cm³/mol. The topological polar surface area (TPSA) is 81.8 Å². The number of nitrogens with two attached hydrogens (primary N) is 1. The standard InChI is InChI=1S/C10H10ClNO4/c11-6-1-5(2-7(12)10(13)14)3-8-9(6)16-4-15-8/h1,3,7H,2,4,12H2,(H,13,14)/t7-/m0/s1. The first-order valence-electron chi connectivity index (χ1n) is 4.64. The molecule has 1 aromatic rings. The van der Waals surface area contributed by atoms with E-state index in [0.717, 1.165) is 0 Å². The largest absolute Gasteiger partial charge is 0.480 e. The first-order chi connectivity index (χ1) is 7.58. The van der Waals surface area contributed by atoms with Crippen LogP contribution in [0.3, 0.4) is 0 Å². The molecule has 0 fully saturated rings. The van der Waals surface area contributed by atoms with E-state index in [-0.39, 0.29) is 13.2 Å². The van der Waals surface area contributed by atoms with Crippen molar-refractivity contribution in [2.45, 2.75) is 12.5 Å². The number of rotatable bonds is 3. The first-order valence-corrected chi connectivity index (χ1v) is 5.02. The highest BCUT2D eigenvalue weighted by Gasteiger charge is 2.20. The average molecular weight is 244 g/mol. The Labute approximate surface area is 96.7 Å². The van der Waals surface area contributed by atoms with Crippen LogP contribution < -0.4 is 15.2 Å². The van der Waals surface area contributed by atoms with Crippen LogP contribution in [-0.2, 0) is 11.2 Å². The van der Waals surface area contributed by atoms with Crippen molar-refractivity contribution in [2.75, 3.05) is 6.79 Å². The molecule has 0 spiro atoms. The molecule has 0 aromatic heterocycles. The van der Waals surface area contributed by atoms with Gasteiger partial charge < -0.3 is 20.3 Å². The number of halogens is 1. The van der Waals surface area contributed by atoms with Gasteiger partial charge in [-0.2, -0.15) is 0 Å². The lowest BCUT2D eigenvalue weighted by Crippen LogP contribution is -2.32. The normalized spacial score (nSPS) is 14.9. The van der Waals surface area contributed by atoms with Crippen molar-refractivity contribution in [1.29, 1.82) is 0 Å². The third-order valence-electron chi connectivity index (χ3n) is 2.26. The number of carboxylic acids is 1. The number of benzene rings is 1. The van der Waals surface area contributed by atoms with Crippen LogP contribution in [0.1, 0.15) is 5.56 Å². The molecule has 5 nitrogen and oxygen atoms in total. The molecule has 1 atom stereocenters. The van der Waals surface area contributed by atoms with Gasteiger partial charge >= 0.3 is 5.97 Å². The second-order valence-corrected chi connectivity index (χ2v) is 3.87. The van der Waals surface area contributed by atoms with E-state index in [2.05, 4.69) is 0 Å². The van der Waals surface area contributed by atoms with Gasteiger partial charge in [0.15, 0.2) is 11.5 Å². The molecule has 86 valence electrons. The predicted octanol–water partition coefficient (Wildman–Crippen LogP) is 1.02. The second kappa shape index (κ2) is 4.19. The molecular formula is C10H10ClNO4. The molecule has 3 N–H and O–H groups in total. The number of hydrogen-bond donors (Lipinski definition) is 2. The van der Waals surface area contributed by atoms with Crippen LogP contribution in [0.2, 0.25) is 5.02 Å². The first kappa shape index (κ1) is 11.0. The molecule has 0 unspecified atom stereocenters. The van der Waals surface area contributed by atoms with Crippen molar-refractivity contribution in [3.63, 3.8) is 0 Å². The Balaban J connectivity index is 2.23. The van der Waals surface area contributed by atoms with Gasteiger partial charge in [0, 0.05) is 0 Å². The molecule has 0 radical (unpaired) electrons. The molecular weight excluding hydrogens is 234 g/mol. The Bertz CT molecular complexity index is 435. The van der Waals surface area contributed by atoms with Gasteiger partial charge in [-0.15, -0.1) is 0 Å². The van der Waals surface area contributed by atoms with Crippen LogP contribution in [0.4, 0.5) is 0 Å². The molecule has 0 aliphatic carbocycles. The SMILES string of the molecule is N[C@@H](Cc1cc(Cl)c2c(c1)OCO2)C(=O)O. The lowest BCUT2D eigenvalue weighted by molar-refractivity contribution is -0.138. The number of hydrogen-bond acceptors (Lipinski definition) is 4. The number of ether oxygens (including phenoxy) is 2. The smallest absolute Gasteiger partial charge is 0.320 e. The summed E-state index contributed by atoms with van der Waals surface area (Å²) >= 11 is 5.94. The summed E-state index contributed by atoms with van der Waals surface area (Å²) in [5.74, 6) is -0.0248. The zero-order chi connectivity index (χ0) is 11.7. The Kier molecular flexibility index (Phi) is 2.89. The molecule has 1 aliphatic rings. The molecule has 1 aromatic carbocycles. The summed E-state index contributed by atoms with van der Waals surface area (Å²) in [6.45, 7) is 0.128. The summed E-state index contributed by atoms with van der Waals surface area (Å²) in [5, 5.41) is 9.10. The fourth-order valence-corrected chi connectivity index (χ4v) is 1.77. The van der Waals surface area contributed by atoms with Crippen molar-refractivity contribution >= 4 is 17.6 Å². The second-order valence-electron chi connectivity index (χ2n) is 3.46. The maximum atomic E-state index is 10.6. The van der Waals surface area contributed by atoms with Crippen LogP contribution in [0.25, 0.3) is 0 Å². The van der Waals surface area contributed by atoms with Crippen molar-refractivity contribution in [1.82, 2.24) is 0 Å². The summed E-state index contributed by atoms with van der Waals surface area (Å²) < 4.78 is 10.3. The lowest BCUT2D eigenvalue weighted by Gasteiger charge is -2.08. The average Bonchev–Trinajstić information content (AvgIpc) is 2.65. The van der Waals surface area contributed by atoms with Crippen LogP contribution in [0.15, 0.2) is 12.1 Å². The van der Waals surface area contributed by atoms with E-state index in [1.54, 1.807) is 12.1 Å². The Morgan fingerprint density at radius 3 is 3.00 bits per heavy atom. The fourth-order valence-electron chi connectivity index (χ4n) is 1.48. The summed E-state index contributed by atoms with van der Waals surface area (Å²) in [6.07, 6.45) is 0.200. The zero-order valence-corrected chi connectivity index (χ0v) is 9.03. The van der Waals surface area contributed by atoms with E-state index >= 15 is 0 Å². The van der Waals surface area contributed by atoms with E-state index in [1.807, 2.05) is 0 Å². The van der Waals surface area contributed by atoms with Gasteiger partial charge in [0.1, 0.15) is 6.04 Å². The summed E-state index contributed by atoms with van der Waals surface area (Å²) in [4.78, 5) is 10.6. The molecule has 6 heteroatoms. The van der Waals surface area contributed by atoms with Gasteiger partial charge in [0.2, 0.25) is 6.79 Å². The van der Waals surface area contributed by atoms with E-state index in [0.29, 0.717) is 22.1 Å². The van der Waals surface area contributed by atoms with E-state index in [9.17, 15) is 4.79 Å². The number of carbonyl (C=O) groups is 1. The van der Waals surface area contributed by atoms with Crippen molar-refractivity contribution in [3.8, 4) is 11.5 Å². The third-order valence-corrected chi connectivity index (χ3v) is 2.54. The van der Waals surface area contributed by atoms with Crippen molar-refractivity contribution in [2.24, 2.45) is 5.73 Å². The number of fused-ring (bicyclic) bond motifs is 1. The number of aliphatic carboxylic acids is 1. The van der Waals surface area contributed by atoms with Crippen LogP contribution in [0.5, 0.6) is 11.5 Å². The van der Waals surface area contributed by atoms with Crippen LogP contribution >= 0.6 is 11.6 Å². The minimum atomic E-state index is -1.05. The molecule has 0 saturated carbocycles. The Morgan fingerprint density at radius 1 is 1.56 bits per heavy atom. The van der Waals surface area contributed by atoms with Gasteiger partial charge in [0.05, 0.1) is 5.02 Å². The van der Waals surface area contributed by atoms with Gasteiger partial charge in [0.25, 0.3) is 0 Å². The molecule has 0 bridgehead atoms. The van der Waals surface area contributed by atoms with Crippen molar-refractivity contribution < 1.29 is 19.4 Å². The maximum Gasteiger partial charge on any atom is 0.320 e. The third kappa shape index (κ3) is 2.05. The van der Waals surface area contributed by atoms with Gasteiger partial charge in [-0.1, -0.05) is 11.6 Å². The van der Waals surface area contributed by atoms with Gasteiger partial charge in [-0.25, -0.2) is 0 Å². The monoisotopic (exact) mass is 243 g/mol. The van der Waals surface area contributed by atoms with Gasteiger partial charge in [-0.05, 0) is 24.1 Å². The molecule has 0 amide bonds. The molecule has 1 heterocycles. The van der Waals surface area contributed by atoms with Crippen molar-refractivity contribution in [3.05, 3.63) is 22.7 Å². The molecule has 16 heavy (non-hydrogen) atoms. The van der Waals surface area contributed by atoms with Crippen LogP contribution in [0, 0.1) is 0 Å². The van der Waals surface area contributed by atoms with Crippen LogP contribution in [-0.4, -0.2) is 23.9 Å². The van der Waals surface area contributed by atoms with Gasteiger partial charge in [-0.3, -0.25) is 4.79 Å². The van der Waals surface area contributed by atoms with E-state index in [1.165, 1.54) is 0 Å². The minimum absolute atomic E-state index is 0.128. The summed E-state index contributed by atoms with van der Waals surface area (Å²) in [7, 11) is 0. The highest BCUT2D eigenvalue weighted by atomic mass is 35.5. The Hall–Kier alpha value is -1.46. The molecule has 1 aliphatic heterocycles. The highest BCUT2D eigenvalue weighted by molar-refractivity contribution is 6.32. The lowest BCUT2D eigenvalue weighted by atomic mass is 10.1. The maximum absolute atomic E-state index is 10.6. The zero-order valence-electron chi connectivity index (χ0n) is 8.27. The fraction of sp³-hybridized carbons (Fsp3) is 0.300. The van der Waals surface area contributed by atoms with E-state index in [4.69, 9.17) is 31.9 Å². The molecule has 0 saturated heterocycles.